The van der Waals surface area contributed by atoms with E-state index in [1.165, 1.54) is 12.1 Å². The lowest BCUT2D eigenvalue weighted by molar-refractivity contribution is -0.393. The summed E-state index contributed by atoms with van der Waals surface area (Å²) in [5.41, 5.74) is -0.395. The van der Waals surface area contributed by atoms with Crippen molar-refractivity contribution < 1.29 is 14.6 Å². The second kappa shape index (κ2) is 8.12. The van der Waals surface area contributed by atoms with E-state index >= 15 is 0 Å². The smallest absolute Gasteiger partial charge is 0.299 e. The van der Waals surface area contributed by atoms with E-state index < -0.39 is 9.85 Å². The van der Waals surface area contributed by atoms with Crippen LogP contribution in [0.25, 0.3) is 0 Å². The normalized spacial score (nSPS) is 10.6. The van der Waals surface area contributed by atoms with Gasteiger partial charge < -0.3 is 15.0 Å². The van der Waals surface area contributed by atoms with Crippen molar-refractivity contribution in [2.45, 2.75) is 0 Å². The molecule has 0 radical (unpaired) electrons. The van der Waals surface area contributed by atoms with E-state index in [0.29, 0.717) is 19.8 Å². The van der Waals surface area contributed by atoms with E-state index in [9.17, 15) is 20.2 Å². The number of ether oxygens (including phenoxy) is 1. The van der Waals surface area contributed by atoms with E-state index in [1.54, 1.807) is 0 Å². The number of hydrogen-bond acceptors (Lipinski definition) is 7. The Bertz CT molecular complexity index is 506. The maximum atomic E-state index is 10.9. The lowest BCUT2D eigenvalue weighted by Crippen LogP contribution is -2.20. The summed E-state index contributed by atoms with van der Waals surface area (Å²) in [6.07, 6.45) is 0. The summed E-state index contributed by atoms with van der Waals surface area (Å²) in [7, 11) is 3.86. The zero-order chi connectivity index (χ0) is 15.8. The molecule has 21 heavy (non-hydrogen) atoms. The van der Waals surface area contributed by atoms with Gasteiger partial charge in [0.05, 0.1) is 29.1 Å². The zero-order valence-corrected chi connectivity index (χ0v) is 11.9. The number of nitro benzene ring substituents is 2. The van der Waals surface area contributed by atoms with Crippen LogP contribution in [0.5, 0.6) is 0 Å². The minimum Gasteiger partial charge on any atom is -0.378 e. The summed E-state index contributed by atoms with van der Waals surface area (Å²) in [5, 5.41) is 24.4. The van der Waals surface area contributed by atoms with Crippen LogP contribution in [-0.2, 0) is 4.74 Å². The fourth-order valence-corrected chi connectivity index (χ4v) is 1.54. The number of non-ortho nitro benzene ring substituents is 1. The minimum absolute atomic E-state index is 0.238. The molecule has 0 unspecified atom stereocenters. The van der Waals surface area contributed by atoms with Crippen molar-refractivity contribution >= 4 is 17.1 Å². The lowest BCUT2D eigenvalue weighted by atomic mass is 10.2. The molecule has 0 aliphatic heterocycles. The fraction of sp³-hybridized carbons (Fsp3) is 0.500. The van der Waals surface area contributed by atoms with Crippen molar-refractivity contribution in [1.29, 1.82) is 0 Å². The first-order chi connectivity index (χ1) is 9.91. The number of anilines is 1. The first kappa shape index (κ1) is 16.8. The van der Waals surface area contributed by atoms with Gasteiger partial charge in [-0.05, 0) is 20.2 Å². The first-order valence-electron chi connectivity index (χ1n) is 6.31. The fourth-order valence-electron chi connectivity index (χ4n) is 1.54. The summed E-state index contributed by atoms with van der Waals surface area (Å²) in [6, 6.07) is 3.49. The zero-order valence-electron chi connectivity index (χ0n) is 11.9. The van der Waals surface area contributed by atoms with Gasteiger partial charge in [-0.2, -0.15) is 0 Å². The van der Waals surface area contributed by atoms with E-state index in [-0.39, 0.29) is 17.1 Å². The van der Waals surface area contributed by atoms with Gasteiger partial charge >= 0.3 is 0 Å². The Labute approximate surface area is 121 Å². The standard InChI is InChI=1S/C12H18N4O5/c1-14(2)6-8-21-7-5-13-11-4-3-10(15(17)18)9-12(11)16(19)20/h3-4,9,13H,5-8H2,1-2H3. The Morgan fingerprint density at radius 1 is 1.19 bits per heavy atom. The van der Waals surface area contributed by atoms with Gasteiger partial charge in [-0.1, -0.05) is 0 Å². The van der Waals surface area contributed by atoms with Gasteiger partial charge in [0.25, 0.3) is 11.4 Å². The van der Waals surface area contributed by atoms with Gasteiger partial charge in [-0.15, -0.1) is 0 Å². The van der Waals surface area contributed by atoms with Crippen LogP contribution in [0.3, 0.4) is 0 Å². The predicted octanol–water partition coefficient (Wildman–Crippen LogP) is 1.49. The molecule has 0 saturated carbocycles. The SMILES string of the molecule is CN(C)CCOCCNc1ccc([N+](=O)[O-])cc1[N+](=O)[O-]. The minimum atomic E-state index is -0.666. The summed E-state index contributed by atoms with van der Waals surface area (Å²) >= 11 is 0. The third-order valence-electron chi connectivity index (χ3n) is 2.63. The molecule has 0 bridgehead atoms. The van der Waals surface area contributed by atoms with Crippen molar-refractivity contribution in [1.82, 2.24) is 4.90 Å². The molecule has 1 aromatic rings. The third kappa shape index (κ3) is 5.71. The lowest BCUT2D eigenvalue weighted by Gasteiger charge is -2.10. The third-order valence-corrected chi connectivity index (χ3v) is 2.63. The molecule has 9 heteroatoms. The summed E-state index contributed by atoms with van der Waals surface area (Å²) in [4.78, 5) is 22.2. The Kier molecular flexibility index (Phi) is 6.50. The molecule has 0 fully saturated rings. The summed E-state index contributed by atoms with van der Waals surface area (Å²) in [5.74, 6) is 0. The Hall–Kier alpha value is -2.26. The number of likely N-dealkylation sites (N-methyl/N-ethyl adjacent to an activating group) is 1. The van der Waals surface area contributed by atoms with Crippen LogP contribution < -0.4 is 5.32 Å². The maximum Gasteiger partial charge on any atom is 0.299 e. The van der Waals surface area contributed by atoms with Gasteiger partial charge in [0.1, 0.15) is 5.69 Å². The second-order valence-corrected chi connectivity index (χ2v) is 4.56. The van der Waals surface area contributed by atoms with Crippen LogP contribution in [-0.4, -0.2) is 55.1 Å². The van der Waals surface area contributed by atoms with Crippen molar-refractivity contribution in [2.24, 2.45) is 0 Å². The molecule has 1 N–H and O–H groups in total. The largest absolute Gasteiger partial charge is 0.378 e. The summed E-state index contributed by atoms with van der Waals surface area (Å²) in [6.45, 7) is 2.13. The average molecular weight is 298 g/mol. The van der Waals surface area contributed by atoms with Crippen LogP contribution in [0.2, 0.25) is 0 Å². The highest BCUT2D eigenvalue weighted by Crippen LogP contribution is 2.28. The number of rotatable bonds is 9. The van der Waals surface area contributed by atoms with Crippen molar-refractivity contribution in [3.8, 4) is 0 Å². The quantitative estimate of drug-likeness (QED) is 0.417. The molecule has 0 saturated heterocycles. The molecule has 0 aliphatic carbocycles. The Morgan fingerprint density at radius 3 is 2.48 bits per heavy atom. The van der Waals surface area contributed by atoms with E-state index in [0.717, 1.165) is 12.6 Å². The van der Waals surface area contributed by atoms with Crippen molar-refractivity contribution in [3.05, 3.63) is 38.4 Å². The van der Waals surface area contributed by atoms with Crippen molar-refractivity contribution in [2.75, 3.05) is 45.7 Å². The first-order valence-corrected chi connectivity index (χ1v) is 6.31. The molecule has 0 amide bonds. The molecule has 0 aliphatic rings. The molecule has 0 spiro atoms. The van der Waals surface area contributed by atoms with Crippen LogP contribution >= 0.6 is 0 Å². The van der Waals surface area contributed by atoms with Crippen LogP contribution in [0.4, 0.5) is 17.1 Å². The van der Waals surface area contributed by atoms with Gasteiger partial charge in [-0.3, -0.25) is 20.2 Å². The van der Waals surface area contributed by atoms with Gasteiger partial charge in [0.15, 0.2) is 0 Å². The number of benzene rings is 1. The van der Waals surface area contributed by atoms with Gasteiger partial charge in [0.2, 0.25) is 0 Å². The molecule has 0 aromatic heterocycles. The van der Waals surface area contributed by atoms with Gasteiger partial charge in [-0.25, -0.2) is 0 Å². The average Bonchev–Trinajstić information content (AvgIpc) is 2.42. The topological polar surface area (TPSA) is 111 Å². The highest BCUT2D eigenvalue weighted by Gasteiger charge is 2.18. The number of nitro groups is 2. The molecule has 0 atom stereocenters. The van der Waals surface area contributed by atoms with Crippen molar-refractivity contribution in [3.63, 3.8) is 0 Å². The number of hydrogen-bond donors (Lipinski definition) is 1. The monoisotopic (exact) mass is 298 g/mol. The summed E-state index contributed by atoms with van der Waals surface area (Å²) < 4.78 is 5.35. The molecule has 1 aromatic carbocycles. The molecular formula is C12H18N4O5. The Balaban J connectivity index is 2.54. The van der Waals surface area contributed by atoms with Crippen LogP contribution in [0.15, 0.2) is 18.2 Å². The predicted molar refractivity (Wildman–Crippen MR) is 77.6 cm³/mol. The maximum absolute atomic E-state index is 10.9. The molecule has 1 rings (SSSR count). The highest BCUT2D eigenvalue weighted by atomic mass is 16.6. The van der Waals surface area contributed by atoms with Crippen LogP contribution in [0.1, 0.15) is 0 Å². The molecular weight excluding hydrogens is 280 g/mol. The van der Waals surface area contributed by atoms with Gasteiger partial charge in [0, 0.05) is 19.2 Å². The highest BCUT2D eigenvalue weighted by molar-refractivity contribution is 5.65. The number of nitrogens with one attached hydrogen (secondary N) is 1. The van der Waals surface area contributed by atoms with E-state index in [1.807, 2.05) is 19.0 Å². The van der Waals surface area contributed by atoms with E-state index in [4.69, 9.17) is 4.74 Å². The number of nitrogens with zero attached hydrogens (tertiary/aromatic N) is 3. The molecule has 0 heterocycles. The second-order valence-electron chi connectivity index (χ2n) is 4.56. The Morgan fingerprint density at radius 2 is 1.90 bits per heavy atom. The van der Waals surface area contributed by atoms with E-state index in [2.05, 4.69) is 5.32 Å². The van der Waals surface area contributed by atoms with Crippen LogP contribution in [0, 0.1) is 20.2 Å². The molecule has 116 valence electrons. The molecule has 9 nitrogen and oxygen atoms in total.